The first-order valence-corrected chi connectivity index (χ1v) is 9.98. The maximum absolute atomic E-state index is 13.9. The lowest BCUT2D eigenvalue weighted by Gasteiger charge is -2.38. The summed E-state index contributed by atoms with van der Waals surface area (Å²) in [5.41, 5.74) is 7.45. The average molecular weight is 444 g/mol. The van der Waals surface area contributed by atoms with Gasteiger partial charge in [-0.2, -0.15) is 5.10 Å². The number of carbonyl (C=O) groups excluding carboxylic acids is 1. The number of hydrogen-bond acceptors (Lipinski definition) is 5. The van der Waals surface area contributed by atoms with Crippen molar-refractivity contribution in [2.45, 2.75) is 43.2 Å². The summed E-state index contributed by atoms with van der Waals surface area (Å²) >= 11 is 0. The van der Waals surface area contributed by atoms with Gasteiger partial charge in [-0.15, -0.1) is 0 Å². The number of nitrogens with two attached hydrogens (primary N) is 1. The molecule has 0 bridgehead atoms. The monoisotopic (exact) mass is 444 g/mol. The van der Waals surface area contributed by atoms with Crippen molar-refractivity contribution < 1.29 is 27.1 Å². The second-order valence-corrected chi connectivity index (χ2v) is 8.26. The minimum atomic E-state index is -3.08. The van der Waals surface area contributed by atoms with Crippen LogP contribution >= 0.6 is 0 Å². The zero-order chi connectivity index (χ0) is 22.4. The highest BCUT2D eigenvalue weighted by Crippen LogP contribution is 2.43. The molecule has 1 saturated carbocycles. The minimum Gasteiger partial charge on any atom is -0.382 e. The van der Waals surface area contributed by atoms with Gasteiger partial charge >= 0.3 is 6.03 Å². The van der Waals surface area contributed by atoms with Gasteiger partial charge in [0.1, 0.15) is 0 Å². The topological polar surface area (TPSA) is 97.8 Å². The van der Waals surface area contributed by atoms with E-state index < -0.39 is 43.0 Å². The van der Waals surface area contributed by atoms with Crippen molar-refractivity contribution in [1.29, 1.82) is 0 Å². The number of methoxy groups -OCH3 is 1. The van der Waals surface area contributed by atoms with Gasteiger partial charge < -0.3 is 20.7 Å². The number of aromatic nitrogens is 3. The van der Waals surface area contributed by atoms with Gasteiger partial charge in [-0.05, 0) is 18.4 Å². The van der Waals surface area contributed by atoms with Crippen LogP contribution in [0.2, 0.25) is 0 Å². The smallest absolute Gasteiger partial charge is 0.318 e. The molecule has 2 aromatic heterocycles. The molecule has 3 atom stereocenters. The van der Waals surface area contributed by atoms with Gasteiger partial charge in [-0.3, -0.25) is 0 Å². The molecule has 1 saturated heterocycles. The van der Waals surface area contributed by atoms with Crippen molar-refractivity contribution in [2.24, 2.45) is 11.7 Å². The Morgan fingerprint density at radius 2 is 2.13 bits per heavy atom. The molecule has 4 rings (SSSR count). The first kappa shape index (κ1) is 21.8. The maximum Gasteiger partial charge on any atom is 0.318 e. The van der Waals surface area contributed by atoms with Crippen molar-refractivity contribution in [2.75, 3.05) is 26.8 Å². The van der Waals surface area contributed by atoms with E-state index in [1.165, 1.54) is 17.8 Å². The third-order valence-corrected chi connectivity index (χ3v) is 5.90. The highest BCUT2D eigenvalue weighted by atomic mass is 19.3. The maximum atomic E-state index is 13.9. The third kappa shape index (κ3) is 4.45. The summed E-state index contributed by atoms with van der Waals surface area (Å²) in [6, 6.07) is -0.493. The van der Waals surface area contributed by atoms with Crippen LogP contribution in [-0.2, 0) is 4.74 Å². The second-order valence-electron chi connectivity index (χ2n) is 8.26. The van der Waals surface area contributed by atoms with Crippen LogP contribution in [0.15, 0.2) is 18.5 Å². The number of alkyl halides is 4. The number of rotatable bonds is 6. The Bertz CT molecular complexity index is 968. The predicted octanol–water partition coefficient (Wildman–Crippen LogP) is 2.51. The molecule has 2 aromatic rings. The molecule has 170 valence electrons. The van der Waals surface area contributed by atoms with E-state index in [0.29, 0.717) is 23.3 Å². The molecular weight excluding hydrogens is 420 g/mol. The summed E-state index contributed by atoms with van der Waals surface area (Å²) in [7, 11) is 1.41. The summed E-state index contributed by atoms with van der Waals surface area (Å²) in [5.74, 6) is -6.18. The summed E-state index contributed by atoms with van der Waals surface area (Å²) < 4.78 is 61.5. The third-order valence-electron chi connectivity index (χ3n) is 5.90. The number of nitrogens with zero attached hydrogens (tertiary/aromatic N) is 4. The number of nitrogens with one attached hydrogen (secondary N) is 1. The lowest BCUT2D eigenvalue weighted by Crippen LogP contribution is -2.58. The molecule has 2 aliphatic rings. The van der Waals surface area contributed by atoms with E-state index in [1.807, 2.05) is 0 Å². The van der Waals surface area contributed by atoms with Gasteiger partial charge in [-0.1, -0.05) is 0 Å². The normalized spacial score (nSPS) is 24.9. The summed E-state index contributed by atoms with van der Waals surface area (Å²) in [6.07, 6.45) is 2.86. The van der Waals surface area contributed by atoms with Crippen molar-refractivity contribution in [3.8, 4) is 0 Å². The van der Waals surface area contributed by atoms with Gasteiger partial charge in [0.05, 0.1) is 49.9 Å². The van der Waals surface area contributed by atoms with E-state index in [4.69, 9.17) is 10.5 Å². The van der Waals surface area contributed by atoms with Gasteiger partial charge in [0, 0.05) is 25.5 Å². The summed E-state index contributed by atoms with van der Waals surface area (Å²) in [5, 5.41) is 6.44. The molecule has 3 N–H and O–H groups in total. The number of carbonyl (C=O) groups is 1. The molecular formula is C19H24F4N6O2. The van der Waals surface area contributed by atoms with Gasteiger partial charge in [0.15, 0.2) is 5.65 Å². The largest absolute Gasteiger partial charge is 0.382 e. The highest BCUT2D eigenvalue weighted by molar-refractivity contribution is 5.76. The number of halogens is 4. The number of imidazole rings is 1. The van der Waals surface area contributed by atoms with Crippen LogP contribution in [0.4, 0.5) is 22.4 Å². The Labute approximate surface area is 175 Å². The standard InChI is InChI=1S/C19H24F4N6O2/c1-31-8-14(28-10-19(22,23)9-25-17(28)30)12-4-15-27-13(7-29(15)26-6-12)16(24)11-2-3-18(20,21)5-11/h4,6-7,11,14,16H,2-3,5,8-10,24H2,1H3,(H,25,30)/t11-,14-,16-/m1/s1. The molecule has 3 heterocycles. The fraction of sp³-hybridized carbons (Fsp3) is 0.632. The van der Waals surface area contributed by atoms with Crippen LogP contribution in [0.3, 0.4) is 0 Å². The number of amides is 2. The Morgan fingerprint density at radius 3 is 2.81 bits per heavy atom. The number of ether oxygens (including phenoxy) is 1. The fourth-order valence-electron chi connectivity index (χ4n) is 4.24. The van der Waals surface area contributed by atoms with Crippen LogP contribution in [0.5, 0.6) is 0 Å². The second kappa shape index (κ2) is 7.90. The molecule has 2 amide bonds. The van der Waals surface area contributed by atoms with Crippen LogP contribution in [0.1, 0.15) is 42.6 Å². The Kier molecular flexibility index (Phi) is 5.54. The molecule has 0 aromatic carbocycles. The zero-order valence-electron chi connectivity index (χ0n) is 16.9. The average Bonchev–Trinajstić information content (AvgIpc) is 3.30. The quantitative estimate of drug-likeness (QED) is 0.668. The van der Waals surface area contributed by atoms with Gasteiger partial charge in [0.25, 0.3) is 5.92 Å². The van der Waals surface area contributed by atoms with Crippen LogP contribution in [0, 0.1) is 5.92 Å². The SMILES string of the molecule is COC[C@H](c1cnn2cc([C@H](N)[C@@H]3CCC(F)(F)C3)nc2c1)N1CC(F)(F)CNC1=O. The lowest BCUT2D eigenvalue weighted by atomic mass is 9.96. The van der Waals surface area contributed by atoms with E-state index in [2.05, 4.69) is 15.4 Å². The fourth-order valence-corrected chi connectivity index (χ4v) is 4.24. The summed E-state index contributed by atoms with van der Waals surface area (Å²) in [6.45, 7) is -1.49. The van der Waals surface area contributed by atoms with E-state index in [0.717, 1.165) is 4.90 Å². The van der Waals surface area contributed by atoms with Crippen molar-refractivity contribution in [3.63, 3.8) is 0 Å². The van der Waals surface area contributed by atoms with Crippen LogP contribution in [-0.4, -0.2) is 64.2 Å². The number of hydrogen-bond donors (Lipinski definition) is 2. The van der Waals surface area contributed by atoms with Crippen molar-refractivity contribution >= 4 is 11.7 Å². The molecule has 1 aliphatic heterocycles. The minimum absolute atomic E-state index is 0.0222. The van der Waals surface area contributed by atoms with Gasteiger partial charge in [0.2, 0.25) is 5.92 Å². The molecule has 8 nitrogen and oxygen atoms in total. The van der Waals surface area contributed by atoms with E-state index in [9.17, 15) is 22.4 Å². The van der Waals surface area contributed by atoms with E-state index >= 15 is 0 Å². The van der Waals surface area contributed by atoms with Crippen molar-refractivity contribution in [1.82, 2.24) is 24.8 Å². The Morgan fingerprint density at radius 1 is 1.35 bits per heavy atom. The lowest BCUT2D eigenvalue weighted by molar-refractivity contribution is -0.0509. The molecule has 31 heavy (non-hydrogen) atoms. The first-order chi connectivity index (χ1) is 14.6. The predicted molar refractivity (Wildman–Crippen MR) is 102 cm³/mol. The Balaban J connectivity index is 1.61. The number of fused-ring (bicyclic) bond motifs is 1. The van der Waals surface area contributed by atoms with E-state index in [-0.39, 0.29) is 25.4 Å². The molecule has 0 radical (unpaired) electrons. The van der Waals surface area contributed by atoms with Crippen LogP contribution < -0.4 is 11.1 Å². The summed E-state index contributed by atoms with van der Waals surface area (Å²) in [4.78, 5) is 17.7. The first-order valence-electron chi connectivity index (χ1n) is 9.98. The van der Waals surface area contributed by atoms with Gasteiger partial charge in [-0.25, -0.2) is 31.9 Å². The molecule has 0 spiro atoms. The van der Waals surface area contributed by atoms with Crippen LogP contribution in [0.25, 0.3) is 5.65 Å². The number of urea groups is 1. The molecule has 1 aliphatic carbocycles. The molecule has 2 fully saturated rings. The van der Waals surface area contributed by atoms with E-state index in [1.54, 1.807) is 12.3 Å². The molecule has 0 unspecified atom stereocenters. The molecule has 12 heteroatoms. The van der Waals surface area contributed by atoms with Crippen molar-refractivity contribution in [3.05, 3.63) is 29.7 Å². The Hall–Kier alpha value is -2.47. The highest BCUT2D eigenvalue weighted by Gasteiger charge is 2.43. The zero-order valence-corrected chi connectivity index (χ0v) is 16.9.